The van der Waals surface area contributed by atoms with Crippen molar-refractivity contribution in [3.8, 4) is 0 Å². The van der Waals surface area contributed by atoms with Crippen LogP contribution in [-0.2, 0) is 52.8 Å². The molecule has 314 valence electrons. The number of ether oxygens (including phenoxy) is 6. The molecule has 0 radical (unpaired) electrons. The average molecular weight is 810 g/mol. The number of nitrogens with one attached hydrogen (secondary N) is 1. The van der Waals surface area contributed by atoms with Gasteiger partial charge in [-0.05, 0) is 73.2 Å². The van der Waals surface area contributed by atoms with Crippen LogP contribution in [0.4, 0.5) is 4.79 Å². The highest BCUT2D eigenvalue weighted by molar-refractivity contribution is 7.88. The lowest BCUT2D eigenvalue weighted by Crippen LogP contribution is -2.62. The highest BCUT2D eigenvalue weighted by Gasteiger charge is 2.61. The Labute approximate surface area is 330 Å². The Bertz CT molecular complexity index is 1730. The molecule has 0 unspecified atom stereocenters. The van der Waals surface area contributed by atoms with Gasteiger partial charge >= 0.3 is 18.0 Å². The summed E-state index contributed by atoms with van der Waals surface area (Å²) in [5, 5.41) is 0.755. The monoisotopic (exact) mass is 809 g/mol. The zero-order valence-corrected chi connectivity index (χ0v) is 35.3. The van der Waals surface area contributed by atoms with Crippen molar-refractivity contribution in [1.82, 2.24) is 14.7 Å². The quantitative estimate of drug-likeness (QED) is 0.216. The number of cyclic esters (lactones) is 1. The largest absolute Gasteiger partial charge is 0.458 e. The number of esters is 2. The van der Waals surface area contributed by atoms with Crippen molar-refractivity contribution in [3.63, 3.8) is 0 Å². The molecule has 3 aliphatic heterocycles. The number of hydrazine groups is 1. The van der Waals surface area contributed by atoms with Crippen molar-refractivity contribution < 1.29 is 60.8 Å². The lowest BCUT2D eigenvalue weighted by molar-refractivity contribution is -0.294. The van der Waals surface area contributed by atoms with Crippen molar-refractivity contribution in [2.24, 2.45) is 23.7 Å². The third-order valence-electron chi connectivity index (χ3n) is 11.6. The molecule has 1 N–H and O–H groups in total. The topological polar surface area (TPSA) is 193 Å². The van der Waals surface area contributed by atoms with Gasteiger partial charge in [-0.15, -0.1) is 4.83 Å². The van der Waals surface area contributed by atoms with Gasteiger partial charge in [0.15, 0.2) is 23.8 Å². The third kappa shape index (κ3) is 9.45. The molecule has 0 saturated carbocycles. The molecule has 0 aromatic heterocycles. The summed E-state index contributed by atoms with van der Waals surface area (Å²) in [6, 6.07) is 6.83. The molecule has 0 aliphatic carbocycles. The number of amides is 1. The van der Waals surface area contributed by atoms with Gasteiger partial charge in [-0.25, -0.2) is 23.0 Å². The number of ketones is 2. The van der Waals surface area contributed by atoms with Crippen molar-refractivity contribution in [1.29, 1.82) is 0 Å². The Morgan fingerprint density at radius 2 is 1.62 bits per heavy atom. The van der Waals surface area contributed by atoms with E-state index in [1.54, 1.807) is 65.0 Å². The molecule has 4 rings (SSSR count). The van der Waals surface area contributed by atoms with Crippen molar-refractivity contribution in [2.45, 2.75) is 129 Å². The van der Waals surface area contributed by atoms with Crippen LogP contribution in [-0.4, -0.2) is 129 Å². The maximum Gasteiger partial charge on any atom is 0.426 e. The molecular weight excluding hydrogens is 751 g/mol. The molecule has 3 aliphatic rings. The summed E-state index contributed by atoms with van der Waals surface area (Å²) in [5.41, 5.74) is -2.82. The number of hydrogen-bond acceptors (Lipinski definition) is 14. The van der Waals surface area contributed by atoms with E-state index in [0.29, 0.717) is 12.0 Å². The summed E-state index contributed by atoms with van der Waals surface area (Å²) >= 11 is 0. The van der Waals surface area contributed by atoms with Gasteiger partial charge in [-0.1, -0.05) is 45.9 Å². The normalized spacial score (nSPS) is 37.7. The molecule has 3 fully saturated rings. The molecule has 0 spiro atoms. The maximum absolute atomic E-state index is 14.5. The first-order valence-corrected chi connectivity index (χ1v) is 20.9. The minimum Gasteiger partial charge on any atom is -0.458 e. The Kier molecular flexibility index (Phi) is 14.2. The Hall–Kier alpha value is -3.48. The third-order valence-corrected chi connectivity index (χ3v) is 12.1. The number of likely N-dealkylation sites (N-methyl/N-ethyl adjacent to an activating group) is 1. The van der Waals surface area contributed by atoms with Crippen LogP contribution in [0, 0.1) is 23.7 Å². The fourth-order valence-electron chi connectivity index (χ4n) is 8.52. The van der Waals surface area contributed by atoms with Crippen molar-refractivity contribution in [2.75, 3.05) is 27.5 Å². The molecule has 3 saturated heterocycles. The second-order valence-corrected chi connectivity index (χ2v) is 17.9. The summed E-state index contributed by atoms with van der Waals surface area (Å²) < 4.78 is 62.1. The molecule has 56 heavy (non-hydrogen) atoms. The van der Waals surface area contributed by atoms with E-state index in [4.69, 9.17) is 28.4 Å². The van der Waals surface area contributed by atoms with Gasteiger partial charge in [0.1, 0.15) is 23.8 Å². The molecule has 1 aromatic carbocycles. The molecule has 16 nitrogen and oxygen atoms in total. The zero-order valence-electron chi connectivity index (χ0n) is 34.5. The number of hydrogen-bond donors (Lipinski definition) is 1. The van der Waals surface area contributed by atoms with Gasteiger partial charge in [-0.2, -0.15) is 0 Å². The van der Waals surface area contributed by atoms with Gasteiger partial charge in [0.25, 0.3) is 0 Å². The van der Waals surface area contributed by atoms with Gasteiger partial charge in [0.05, 0.1) is 35.7 Å². The zero-order chi connectivity index (χ0) is 42.1. The smallest absolute Gasteiger partial charge is 0.426 e. The van der Waals surface area contributed by atoms with E-state index in [1.807, 2.05) is 25.9 Å². The number of carbonyl (C=O) groups excluding carboxylic acids is 5. The van der Waals surface area contributed by atoms with Crippen LogP contribution >= 0.6 is 0 Å². The molecule has 13 atom stereocenters. The molecule has 3 heterocycles. The summed E-state index contributed by atoms with van der Waals surface area (Å²) in [5.74, 6) is -6.83. The number of sulfonamides is 1. The summed E-state index contributed by atoms with van der Waals surface area (Å²) in [7, 11) is 1.07. The number of carbonyl (C=O) groups is 5. The number of Topliss-reactive ketones (excluding diaryl/α,β-unsaturated/α-hetero) is 2. The summed E-state index contributed by atoms with van der Waals surface area (Å²) in [6.45, 7) is 12.9. The lowest BCUT2D eigenvalue weighted by atomic mass is 9.73. The average Bonchev–Trinajstić information content (AvgIpc) is 3.38. The highest BCUT2D eigenvalue weighted by Crippen LogP contribution is 2.42. The van der Waals surface area contributed by atoms with E-state index in [-0.39, 0.29) is 25.0 Å². The number of rotatable bonds is 9. The molecule has 0 bridgehead atoms. The van der Waals surface area contributed by atoms with Crippen LogP contribution < -0.4 is 4.83 Å². The fourth-order valence-corrected chi connectivity index (χ4v) is 9.06. The van der Waals surface area contributed by atoms with E-state index < -0.39 is 105 Å². The van der Waals surface area contributed by atoms with Gasteiger partial charge in [0, 0.05) is 24.9 Å². The van der Waals surface area contributed by atoms with E-state index in [9.17, 15) is 32.4 Å². The first kappa shape index (κ1) is 45.2. The van der Waals surface area contributed by atoms with Crippen LogP contribution in [0.15, 0.2) is 30.3 Å². The van der Waals surface area contributed by atoms with Crippen LogP contribution in [0.25, 0.3) is 0 Å². The standard InChI is InChI=1S/C39H59N3O13S/c1-13-28-39(8)32(42(37(47)55-39)40-56(12,48)49)23(4)29(43)21(2)20-38(7,50-11)33(24(5)30(44)25(6)34(45)52-28)54-36-31(27(41(9)10)19-22(3)51-36)53-35(46)26-17-15-14-16-18-26/h14-18,21-25,27-28,31-33,36,40H,13,19-20H2,1-12H3/t21-,22-,23+,24+,25-,27+,28-,31-,32-,33-,36+,38-,39-/m1/s1. The van der Waals surface area contributed by atoms with E-state index in [2.05, 4.69) is 4.83 Å². The summed E-state index contributed by atoms with van der Waals surface area (Å²) in [6.07, 6.45) is -4.63. The Balaban J connectivity index is 1.83. The predicted molar refractivity (Wildman–Crippen MR) is 202 cm³/mol. The van der Waals surface area contributed by atoms with E-state index in [0.717, 1.165) is 11.3 Å². The van der Waals surface area contributed by atoms with Gasteiger partial charge in [-0.3, -0.25) is 14.4 Å². The highest BCUT2D eigenvalue weighted by atomic mass is 32.2. The number of benzene rings is 1. The molecule has 1 aromatic rings. The first-order valence-electron chi connectivity index (χ1n) is 19.1. The molecule has 1 amide bonds. The second-order valence-electron chi connectivity index (χ2n) is 16.2. The number of nitrogens with zero attached hydrogens (tertiary/aromatic N) is 2. The van der Waals surface area contributed by atoms with Crippen LogP contribution in [0.1, 0.15) is 85.0 Å². The van der Waals surface area contributed by atoms with E-state index >= 15 is 0 Å². The first-order chi connectivity index (χ1) is 26.0. The van der Waals surface area contributed by atoms with Crippen LogP contribution in [0.5, 0.6) is 0 Å². The SMILES string of the molecule is CC[C@H]1OC(=O)[C@H](C)C(=O)[C@H](C)[C@@H](O[C@@H]2O[C@H](C)C[C@H](N(C)C)[C@H]2OC(=O)c2ccccc2)[C@](C)(OC)C[C@@H](C)C(=O)[C@H](C)[C@H]2N(NS(C)(=O)=O)C(=O)O[C@]12C. The number of fused-ring (bicyclic) bond motifs is 1. The lowest BCUT2D eigenvalue weighted by Gasteiger charge is -2.47. The minimum absolute atomic E-state index is 0.0312. The fraction of sp³-hybridized carbons (Fsp3) is 0.718. The second kappa shape index (κ2) is 17.6. The van der Waals surface area contributed by atoms with Crippen LogP contribution in [0.3, 0.4) is 0 Å². The van der Waals surface area contributed by atoms with Crippen molar-refractivity contribution >= 4 is 39.6 Å². The maximum atomic E-state index is 14.5. The minimum atomic E-state index is -4.05. The molecular formula is C39H59N3O13S. The predicted octanol–water partition coefficient (Wildman–Crippen LogP) is 3.52. The number of methoxy groups -OCH3 is 1. The van der Waals surface area contributed by atoms with E-state index in [1.165, 1.54) is 21.0 Å². The van der Waals surface area contributed by atoms with Gasteiger partial charge < -0.3 is 33.3 Å². The Morgan fingerprint density at radius 1 is 1.00 bits per heavy atom. The van der Waals surface area contributed by atoms with Crippen molar-refractivity contribution in [3.05, 3.63) is 35.9 Å². The Morgan fingerprint density at radius 3 is 2.18 bits per heavy atom. The summed E-state index contributed by atoms with van der Waals surface area (Å²) in [4.78, 5) is 73.7. The van der Waals surface area contributed by atoms with Crippen LogP contribution in [0.2, 0.25) is 0 Å². The molecule has 17 heteroatoms. The van der Waals surface area contributed by atoms with Gasteiger partial charge in [0.2, 0.25) is 10.0 Å².